The summed E-state index contributed by atoms with van der Waals surface area (Å²) in [4.78, 5) is 3.62. The van der Waals surface area contributed by atoms with Gasteiger partial charge in [-0.2, -0.15) is 0 Å². The number of aryl methyl sites for hydroxylation is 2. The Kier molecular flexibility index (Phi) is 3.25. The molecular formula is C15H22N2. The maximum atomic E-state index is 3.62. The van der Waals surface area contributed by atoms with Gasteiger partial charge in [0.25, 0.3) is 0 Å². The van der Waals surface area contributed by atoms with E-state index in [1.54, 1.807) is 0 Å². The number of fused-ring (bicyclic) bond motifs is 1. The van der Waals surface area contributed by atoms with Crippen LogP contribution in [-0.4, -0.2) is 12.0 Å². The maximum absolute atomic E-state index is 3.62. The first-order valence-corrected chi connectivity index (χ1v) is 6.31. The predicted octanol–water partition coefficient (Wildman–Crippen LogP) is 3.63. The van der Waals surface area contributed by atoms with Crippen molar-refractivity contribution in [1.29, 1.82) is 0 Å². The monoisotopic (exact) mass is 230 g/mol. The van der Waals surface area contributed by atoms with E-state index in [2.05, 4.69) is 50.1 Å². The van der Waals surface area contributed by atoms with E-state index < -0.39 is 0 Å². The number of rotatable bonds is 3. The number of aromatic nitrogens is 1. The minimum absolute atomic E-state index is 0.533. The van der Waals surface area contributed by atoms with Crippen LogP contribution < -0.4 is 5.32 Å². The summed E-state index contributed by atoms with van der Waals surface area (Å²) in [7, 11) is 2.00. The summed E-state index contributed by atoms with van der Waals surface area (Å²) >= 11 is 0. The minimum Gasteiger partial charge on any atom is -0.358 e. The molecule has 0 aliphatic heterocycles. The van der Waals surface area contributed by atoms with Gasteiger partial charge < -0.3 is 10.3 Å². The summed E-state index contributed by atoms with van der Waals surface area (Å²) in [6.07, 6.45) is 0. The molecule has 2 N–H and O–H groups in total. The van der Waals surface area contributed by atoms with Crippen molar-refractivity contribution in [2.45, 2.75) is 40.2 Å². The second-order valence-corrected chi connectivity index (χ2v) is 5.13. The zero-order valence-electron chi connectivity index (χ0n) is 11.4. The van der Waals surface area contributed by atoms with Crippen molar-refractivity contribution < 1.29 is 0 Å². The van der Waals surface area contributed by atoms with E-state index in [1.807, 2.05) is 7.05 Å². The number of aromatic amines is 1. The Balaban J connectivity index is 2.74. The second-order valence-electron chi connectivity index (χ2n) is 5.13. The zero-order valence-corrected chi connectivity index (χ0v) is 11.4. The van der Waals surface area contributed by atoms with Gasteiger partial charge in [-0.3, -0.25) is 0 Å². The Hall–Kier alpha value is -1.28. The van der Waals surface area contributed by atoms with Crippen LogP contribution in [0.1, 0.15) is 42.1 Å². The van der Waals surface area contributed by atoms with Gasteiger partial charge in [-0.15, -0.1) is 0 Å². The molecule has 0 unspecified atom stereocenters. The summed E-state index contributed by atoms with van der Waals surface area (Å²) < 4.78 is 0. The summed E-state index contributed by atoms with van der Waals surface area (Å²) in [5.41, 5.74) is 6.81. The van der Waals surface area contributed by atoms with E-state index in [0.717, 1.165) is 6.54 Å². The van der Waals surface area contributed by atoms with Gasteiger partial charge in [-0.1, -0.05) is 26.0 Å². The fraction of sp³-hybridized carbons (Fsp3) is 0.467. The fourth-order valence-electron chi connectivity index (χ4n) is 2.44. The van der Waals surface area contributed by atoms with E-state index >= 15 is 0 Å². The van der Waals surface area contributed by atoms with Gasteiger partial charge in [0.2, 0.25) is 0 Å². The Bertz CT molecular complexity index is 535. The molecule has 0 spiro atoms. The van der Waals surface area contributed by atoms with Gasteiger partial charge in [0.05, 0.1) is 0 Å². The van der Waals surface area contributed by atoms with Crippen LogP contribution in [0.3, 0.4) is 0 Å². The smallest absolute Gasteiger partial charge is 0.0491 e. The van der Waals surface area contributed by atoms with Gasteiger partial charge >= 0.3 is 0 Å². The molecule has 2 nitrogen and oxygen atoms in total. The molecular weight excluding hydrogens is 208 g/mol. The number of hydrogen-bond acceptors (Lipinski definition) is 1. The highest BCUT2D eigenvalue weighted by Crippen LogP contribution is 2.30. The lowest BCUT2D eigenvalue weighted by atomic mass is 10.0. The Morgan fingerprint density at radius 2 is 1.94 bits per heavy atom. The predicted molar refractivity (Wildman–Crippen MR) is 74.6 cm³/mol. The van der Waals surface area contributed by atoms with Gasteiger partial charge in [0, 0.05) is 23.1 Å². The van der Waals surface area contributed by atoms with Crippen molar-refractivity contribution >= 4 is 10.9 Å². The lowest BCUT2D eigenvalue weighted by Gasteiger charge is -2.06. The SMILES string of the molecule is CNCc1c(C(C)C)[nH]c2c(C)c(C)ccc12. The number of benzene rings is 1. The van der Waals surface area contributed by atoms with Crippen LogP contribution in [-0.2, 0) is 6.54 Å². The van der Waals surface area contributed by atoms with Crippen LogP contribution in [0.2, 0.25) is 0 Å². The Labute approximate surface area is 103 Å². The third kappa shape index (κ3) is 1.98. The highest BCUT2D eigenvalue weighted by molar-refractivity contribution is 5.88. The molecule has 2 rings (SSSR count). The molecule has 0 fully saturated rings. The molecule has 0 bridgehead atoms. The molecule has 1 aromatic heterocycles. The first-order valence-electron chi connectivity index (χ1n) is 6.31. The van der Waals surface area contributed by atoms with Crippen LogP contribution in [0.4, 0.5) is 0 Å². The molecule has 2 aromatic rings. The van der Waals surface area contributed by atoms with E-state index in [0.29, 0.717) is 5.92 Å². The van der Waals surface area contributed by atoms with Crippen molar-refractivity contribution in [3.63, 3.8) is 0 Å². The van der Waals surface area contributed by atoms with Crippen molar-refractivity contribution in [1.82, 2.24) is 10.3 Å². The molecule has 0 saturated carbocycles. The molecule has 92 valence electrons. The third-order valence-electron chi connectivity index (χ3n) is 3.58. The maximum Gasteiger partial charge on any atom is 0.0491 e. The third-order valence-corrected chi connectivity index (χ3v) is 3.58. The average molecular weight is 230 g/mol. The van der Waals surface area contributed by atoms with Gasteiger partial charge in [0.15, 0.2) is 0 Å². The zero-order chi connectivity index (χ0) is 12.6. The molecule has 1 aromatic carbocycles. The number of nitrogens with one attached hydrogen (secondary N) is 2. The first kappa shape index (κ1) is 12.2. The van der Waals surface area contributed by atoms with Crippen LogP contribution in [0.5, 0.6) is 0 Å². The largest absolute Gasteiger partial charge is 0.358 e. The van der Waals surface area contributed by atoms with E-state index in [9.17, 15) is 0 Å². The average Bonchev–Trinajstić information content (AvgIpc) is 2.64. The summed E-state index contributed by atoms with van der Waals surface area (Å²) in [6, 6.07) is 4.46. The molecule has 2 heteroatoms. The van der Waals surface area contributed by atoms with Crippen LogP contribution in [0.15, 0.2) is 12.1 Å². The molecule has 1 heterocycles. The molecule has 0 saturated heterocycles. The van der Waals surface area contributed by atoms with E-state index in [1.165, 1.54) is 33.3 Å². The van der Waals surface area contributed by atoms with Crippen LogP contribution in [0, 0.1) is 13.8 Å². The van der Waals surface area contributed by atoms with E-state index in [-0.39, 0.29) is 0 Å². The molecule has 0 aliphatic rings. The first-order chi connectivity index (χ1) is 8.06. The molecule has 0 amide bonds. The second kappa shape index (κ2) is 4.53. The van der Waals surface area contributed by atoms with Crippen molar-refractivity contribution in [3.05, 3.63) is 34.5 Å². The Morgan fingerprint density at radius 1 is 1.24 bits per heavy atom. The van der Waals surface area contributed by atoms with Crippen molar-refractivity contribution in [3.8, 4) is 0 Å². The molecule has 0 aliphatic carbocycles. The fourth-order valence-corrected chi connectivity index (χ4v) is 2.44. The number of hydrogen-bond donors (Lipinski definition) is 2. The normalized spacial score (nSPS) is 11.6. The molecule has 0 atom stereocenters. The lowest BCUT2D eigenvalue weighted by molar-refractivity contribution is 0.768. The van der Waals surface area contributed by atoms with Gasteiger partial charge in [-0.05, 0) is 43.5 Å². The van der Waals surface area contributed by atoms with E-state index in [4.69, 9.17) is 0 Å². The highest BCUT2D eigenvalue weighted by atomic mass is 14.8. The standard InChI is InChI=1S/C15H22N2/c1-9(2)14-13(8-16-5)12-7-6-10(3)11(4)15(12)17-14/h6-7,9,16-17H,8H2,1-5H3. The van der Waals surface area contributed by atoms with Crippen molar-refractivity contribution in [2.24, 2.45) is 0 Å². The van der Waals surface area contributed by atoms with Crippen molar-refractivity contribution in [2.75, 3.05) is 7.05 Å². The van der Waals surface area contributed by atoms with Gasteiger partial charge in [0.1, 0.15) is 0 Å². The van der Waals surface area contributed by atoms with Crippen LogP contribution in [0.25, 0.3) is 10.9 Å². The van der Waals surface area contributed by atoms with Crippen LogP contribution >= 0.6 is 0 Å². The summed E-state index contributed by atoms with van der Waals surface area (Å²) in [5.74, 6) is 0.533. The summed E-state index contributed by atoms with van der Waals surface area (Å²) in [6.45, 7) is 9.78. The quantitative estimate of drug-likeness (QED) is 0.828. The minimum atomic E-state index is 0.533. The Morgan fingerprint density at radius 3 is 2.53 bits per heavy atom. The molecule has 17 heavy (non-hydrogen) atoms. The topological polar surface area (TPSA) is 27.8 Å². The van der Waals surface area contributed by atoms with Gasteiger partial charge in [-0.25, -0.2) is 0 Å². The molecule has 0 radical (unpaired) electrons. The number of H-pyrrole nitrogens is 1. The summed E-state index contributed by atoms with van der Waals surface area (Å²) in [5, 5.41) is 4.64. The lowest BCUT2D eigenvalue weighted by Crippen LogP contribution is -2.07. The highest BCUT2D eigenvalue weighted by Gasteiger charge is 2.15.